The maximum atomic E-state index is 13.5. The van der Waals surface area contributed by atoms with Crippen LogP contribution >= 0.6 is 20.6 Å². The van der Waals surface area contributed by atoms with Gasteiger partial charge in [0.2, 0.25) is 0 Å². The highest BCUT2D eigenvalue weighted by molar-refractivity contribution is 8.30. The molecule has 0 bridgehead atoms. The lowest BCUT2D eigenvalue weighted by Crippen LogP contribution is -2.37. The predicted molar refractivity (Wildman–Crippen MR) is 236 cm³/mol. The normalized spacial score (nSPS) is 13.3. The summed E-state index contributed by atoms with van der Waals surface area (Å²) in [6, 6.07) is 39.2. The molecule has 0 amide bonds. The summed E-state index contributed by atoms with van der Waals surface area (Å²) in [6.07, 6.45) is -8.19. The van der Waals surface area contributed by atoms with Gasteiger partial charge in [0.05, 0.1) is 37.6 Å². The van der Waals surface area contributed by atoms with Crippen LogP contribution in [0.5, 0.6) is 0 Å². The third-order valence-electron chi connectivity index (χ3n) is 10.6. The first-order valence-electron chi connectivity index (χ1n) is 20.1. The summed E-state index contributed by atoms with van der Waals surface area (Å²) in [5, 5.41) is 41.4. The smallest absolute Gasteiger partial charge is 0.395 e. The molecule has 0 heterocycles. The Morgan fingerprint density at radius 2 is 0.758 bits per heavy atom. The van der Waals surface area contributed by atoms with Crippen LogP contribution in [0.1, 0.15) is 51.8 Å². The SMILES string of the molecule is OCCS(CCO)(Cc1ccc(C(F)(F)F)cc1)OB(OCCCC(c1ccccc1)(c1ccccc1)c1ccccc1)OS(CCO)(CCO)Cc1ccc(C(F)(F)F)cc1. The van der Waals surface area contributed by atoms with Gasteiger partial charge in [-0.15, -0.1) is 20.6 Å². The van der Waals surface area contributed by atoms with E-state index in [1.807, 2.05) is 54.6 Å². The van der Waals surface area contributed by atoms with Gasteiger partial charge in [-0.3, -0.25) is 0 Å². The minimum absolute atomic E-state index is 0.00977. The number of aliphatic hydroxyl groups is 4. The number of hydrogen-bond donors (Lipinski definition) is 4. The molecule has 0 atom stereocenters. The fraction of sp³-hybridized carbons (Fsp3) is 0.348. The van der Waals surface area contributed by atoms with Crippen LogP contribution in [0.15, 0.2) is 140 Å². The monoisotopic (exact) mass is 906 g/mol. The van der Waals surface area contributed by atoms with Crippen molar-refractivity contribution in [2.24, 2.45) is 0 Å². The molecule has 4 N–H and O–H groups in total. The lowest BCUT2D eigenvalue weighted by atomic mass is 9.67. The van der Waals surface area contributed by atoms with Crippen molar-refractivity contribution in [2.75, 3.05) is 56.0 Å². The number of hydrogen-bond acceptors (Lipinski definition) is 7. The van der Waals surface area contributed by atoms with Crippen molar-refractivity contribution in [1.82, 2.24) is 0 Å². The van der Waals surface area contributed by atoms with Crippen LogP contribution in [0, 0.1) is 0 Å². The Labute approximate surface area is 362 Å². The number of halogens is 6. The van der Waals surface area contributed by atoms with Crippen molar-refractivity contribution in [1.29, 1.82) is 0 Å². The number of aliphatic hydroxyl groups excluding tert-OH is 4. The quantitative estimate of drug-likeness (QED) is 0.0212. The Hall–Kier alpha value is -3.84. The zero-order valence-corrected chi connectivity index (χ0v) is 35.8. The Bertz CT molecular complexity index is 1860. The molecular formula is C46H53BF6O7S2. The summed E-state index contributed by atoms with van der Waals surface area (Å²) in [5.74, 6) is -0.0433. The standard InChI is InChI=1S/C46H53BF6O7S2/c48-45(49,50)42-21-17-37(18-22-42)35-61(31-26-54,32-27-55)59-47(60-62(33-28-56,34-29-57)36-38-19-23-43(24-20-38)46(51,52)53)58-30-10-25-44(39-11-4-1-5-12-39,40-13-6-2-7-14-40)41-15-8-3-9-16-41/h1-9,11-24,54-57H,10,25-36H2. The van der Waals surface area contributed by atoms with Gasteiger partial charge in [0, 0.05) is 46.5 Å². The molecule has 0 spiro atoms. The molecule has 0 aliphatic rings. The average Bonchev–Trinajstić information content (AvgIpc) is 3.25. The molecular weight excluding hydrogens is 853 g/mol. The zero-order chi connectivity index (χ0) is 44.7. The van der Waals surface area contributed by atoms with Gasteiger partial charge in [-0.2, -0.15) is 26.3 Å². The first-order chi connectivity index (χ1) is 29.7. The van der Waals surface area contributed by atoms with Gasteiger partial charge in [0.1, 0.15) is 0 Å². The minimum Gasteiger partial charge on any atom is -0.395 e. The summed E-state index contributed by atoms with van der Waals surface area (Å²) in [4.78, 5) is 0. The number of benzene rings is 5. The molecule has 0 aliphatic heterocycles. The molecule has 5 aromatic rings. The Kier molecular flexibility index (Phi) is 18.0. The average molecular weight is 907 g/mol. The van der Waals surface area contributed by atoms with E-state index in [1.54, 1.807) is 0 Å². The van der Waals surface area contributed by atoms with Crippen molar-refractivity contribution < 1.29 is 59.6 Å². The second-order valence-electron chi connectivity index (χ2n) is 14.8. The highest BCUT2D eigenvalue weighted by Gasteiger charge is 2.42. The highest BCUT2D eigenvalue weighted by Crippen LogP contribution is 2.57. The molecule has 0 aromatic heterocycles. The van der Waals surface area contributed by atoms with E-state index in [0.717, 1.165) is 41.0 Å². The minimum atomic E-state index is -4.57. The summed E-state index contributed by atoms with van der Waals surface area (Å²) in [5.41, 5.74) is 1.68. The molecule has 5 rings (SSSR count). The molecule has 62 heavy (non-hydrogen) atoms. The third kappa shape index (κ3) is 13.1. The van der Waals surface area contributed by atoms with E-state index in [-0.39, 0.29) is 41.1 Å². The van der Waals surface area contributed by atoms with Gasteiger partial charge in [0.25, 0.3) is 0 Å². The van der Waals surface area contributed by atoms with Crippen LogP contribution < -0.4 is 0 Å². The second kappa shape index (κ2) is 22.7. The maximum absolute atomic E-state index is 13.5. The first-order valence-corrected chi connectivity index (χ1v) is 24.3. The van der Waals surface area contributed by atoms with Gasteiger partial charge in [-0.25, -0.2) is 0 Å². The van der Waals surface area contributed by atoms with Gasteiger partial charge >= 0.3 is 19.7 Å². The second-order valence-corrected chi connectivity index (χ2v) is 21.2. The Balaban J connectivity index is 1.53. The zero-order valence-electron chi connectivity index (χ0n) is 34.1. The van der Waals surface area contributed by atoms with Crippen molar-refractivity contribution >= 4 is 27.9 Å². The first kappa shape index (κ1) is 49.2. The van der Waals surface area contributed by atoms with Crippen LogP contribution in [-0.2, 0) is 42.1 Å². The van der Waals surface area contributed by atoms with E-state index in [0.29, 0.717) is 24.0 Å². The molecule has 336 valence electrons. The molecule has 7 nitrogen and oxygen atoms in total. The molecule has 0 fully saturated rings. The van der Waals surface area contributed by atoms with Crippen LogP contribution in [0.3, 0.4) is 0 Å². The largest absolute Gasteiger partial charge is 0.660 e. The Morgan fingerprint density at radius 1 is 0.435 bits per heavy atom. The highest BCUT2D eigenvalue weighted by atomic mass is 32.3. The van der Waals surface area contributed by atoms with E-state index < -0.39 is 83.3 Å². The van der Waals surface area contributed by atoms with E-state index in [2.05, 4.69) is 36.4 Å². The summed E-state index contributed by atoms with van der Waals surface area (Å²) in [6.45, 7) is -1.61. The van der Waals surface area contributed by atoms with Crippen LogP contribution in [-0.4, -0.2) is 83.8 Å². The lowest BCUT2D eigenvalue weighted by Gasteiger charge is -2.45. The number of alkyl halides is 6. The molecule has 0 saturated heterocycles. The molecule has 0 saturated carbocycles. The fourth-order valence-electron chi connectivity index (χ4n) is 7.63. The van der Waals surface area contributed by atoms with Crippen molar-refractivity contribution in [3.8, 4) is 0 Å². The van der Waals surface area contributed by atoms with E-state index in [1.165, 1.54) is 24.3 Å². The van der Waals surface area contributed by atoms with Crippen LogP contribution in [0.2, 0.25) is 0 Å². The summed E-state index contributed by atoms with van der Waals surface area (Å²) in [7, 11) is -6.87. The van der Waals surface area contributed by atoms with Crippen molar-refractivity contribution in [3.63, 3.8) is 0 Å². The Morgan fingerprint density at radius 3 is 1.05 bits per heavy atom. The van der Waals surface area contributed by atoms with Gasteiger partial charge in [0.15, 0.2) is 0 Å². The number of rotatable bonds is 24. The van der Waals surface area contributed by atoms with Gasteiger partial charge in [-0.05, 0) is 64.9 Å². The van der Waals surface area contributed by atoms with Crippen molar-refractivity contribution in [3.05, 3.63) is 178 Å². The maximum Gasteiger partial charge on any atom is 0.660 e. The molecule has 0 aliphatic carbocycles. The third-order valence-corrected chi connectivity index (χ3v) is 17.1. The lowest BCUT2D eigenvalue weighted by molar-refractivity contribution is -0.138. The van der Waals surface area contributed by atoms with E-state index >= 15 is 0 Å². The van der Waals surface area contributed by atoms with Crippen LogP contribution in [0.25, 0.3) is 0 Å². The topological polar surface area (TPSA) is 109 Å². The molecule has 0 radical (unpaired) electrons. The van der Waals surface area contributed by atoms with Gasteiger partial charge < -0.3 is 33.3 Å². The summed E-state index contributed by atoms with van der Waals surface area (Å²) >= 11 is 0. The van der Waals surface area contributed by atoms with E-state index in [9.17, 15) is 46.8 Å². The van der Waals surface area contributed by atoms with Crippen molar-refractivity contribution in [2.45, 2.75) is 42.1 Å². The van der Waals surface area contributed by atoms with Gasteiger partial charge in [-0.1, -0.05) is 115 Å². The van der Waals surface area contributed by atoms with Crippen LogP contribution in [0.4, 0.5) is 26.3 Å². The predicted octanol–water partition coefficient (Wildman–Crippen LogP) is 9.68. The molecule has 16 heteroatoms. The fourth-order valence-corrected chi connectivity index (χ4v) is 13.0. The molecule has 5 aromatic carbocycles. The van der Waals surface area contributed by atoms with E-state index in [4.69, 9.17) is 12.9 Å². The molecule has 0 unspecified atom stereocenters. The summed E-state index contributed by atoms with van der Waals surface area (Å²) < 4.78 is 101.